The van der Waals surface area contributed by atoms with Crippen LogP contribution in [0.25, 0.3) is 0 Å². The summed E-state index contributed by atoms with van der Waals surface area (Å²) in [6.45, 7) is 8.58. The van der Waals surface area contributed by atoms with Gasteiger partial charge in [0.05, 0.1) is 0 Å². The van der Waals surface area contributed by atoms with Crippen molar-refractivity contribution in [3.05, 3.63) is 0 Å². The van der Waals surface area contributed by atoms with Crippen LogP contribution in [0.2, 0.25) is 0 Å². The third-order valence-electron chi connectivity index (χ3n) is 4.36. The fraction of sp³-hybridized carbons (Fsp3) is 1.00. The highest BCUT2D eigenvalue weighted by molar-refractivity contribution is 4.88. The predicted octanol–water partition coefficient (Wildman–Crippen LogP) is 2.25. The molecule has 0 aliphatic carbocycles. The SMILES string of the molecule is CCC1CCCCN1C1CNCCC1C. The number of rotatable bonds is 2. The zero-order valence-electron chi connectivity index (χ0n) is 10.3. The summed E-state index contributed by atoms with van der Waals surface area (Å²) in [7, 11) is 0. The molecule has 3 atom stereocenters. The van der Waals surface area contributed by atoms with Crippen molar-refractivity contribution >= 4 is 0 Å². The molecule has 88 valence electrons. The fourth-order valence-electron chi connectivity index (χ4n) is 3.32. The van der Waals surface area contributed by atoms with Crippen LogP contribution < -0.4 is 5.32 Å². The molecule has 2 heterocycles. The lowest BCUT2D eigenvalue weighted by Gasteiger charge is -2.45. The molecule has 0 radical (unpaired) electrons. The van der Waals surface area contributed by atoms with Gasteiger partial charge in [0.25, 0.3) is 0 Å². The summed E-state index contributed by atoms with van der Waals surface area (Å²) in [5.41, 5.74) is 0. The zero-order chi connectivity index (χ0) is 10.7. The van der Waals surface area contributed by atoms with Crippen molar-refractivity contribution in [2.75, 3.05) is 19.6 Å². The third kappa shape index (κ3) is 2.54. The van der Waals surface area contributed by atoms with Gasteiger partial charge in [0.2, 0.25) is 0 Å². The molecule has 2 fully saturated rings. The standard InChI is InChI=1S/C13H26N2/c1-3-12-6-4-5-9-15(12)13-10-14-8-7-11(13)2/h11-14H,3-10H2,1-2H3. The van der Waals surface area contributed by atoms with E-state index in [-0.39, 0.29) is 0 Å². The summed E-state index contributed by atoms with van der Waals surface area (Å²) in [6.07, 6.45) is 6.99. The Hall–Kier alpha value is -0.0800. The fourth-order valence-corrected chi connectivity index (χ4v) is 3.32. The Balaban J connectivity index is 1.99. The van der Waals surface area contributed by atoms with Crippen LogP contribution in [0.15, 0.2) is 0 Å². The van der Waals surface area contributed by atoms with Gasteiger partial charge in [-0.2, -0.15) is 0 Å². The number of hydrogen-bond donors (Lipinski definition) is 1. The van der Waals surface area contributed by atoms with Crippen LogP contribution in [0, 0.1) is 5.92 Å². The van der Waals surface area contributed by atoms with Gasteiger partial charge in [-0.25, -0.2) is 0 Å². The Labute approximate surface area is 94.4 Å². The minimum atomic E-state index is 0.809. The number of nitrogens with one attached hydrogen (secondary N) is 1. The van der Waals surface area contributed by atoms with Crippen LogP contribution in [0.1, 0.15) is 46.0 Å². The van der Waals surface area contributed by atoms with E-state index in [1.165, 1.54) is 51.7 Å². The monoisotopic (exact) mass is 210 g/mol. The molecule has 2 aliphatic heterocycles. The molecule has 1 N–H and O–H groups in total. The first-order valence-electron chi connectivity index (χ1n) is 6.79. The van der Waals surface area contributed by atoms with E-state index in [9.17, 15) is 0 Å². The van der Waals surface area contributed by atoms with Gasteiger partial charge in [0.15, 0.2) is 0 Å². The normalized spacial score (nSPS) is 39.2. The van der Waals surface area contributed by atoms with Gasteiger partial charge in [-0.15, -0.1) is 0 Å². The van der Waals surface area contributed by atoms with Crippen LogP contribution in [-0.2, 0) is 0 Å². The molecule has 3 unspecified atom stereocenters. The van der Waals surface area contributed by atoms with Crippen molar-refractivity contribution in [3.8, 4) is 0 Å². The average molecular weight is 210 g/mol. The van der Waals surface area contributed by atoms with Crippen molar-refractivity contribution in [2.24, 2.45) is 5.92 Å². The molecule has 0 aromatic carbocycles. The first-order chi connectivity index (χ1) is 7.33. The summed E-state index contributed by atoms with van der Waals surface area (Å²) >= 11 is 0. The summed E-state index contributed by atoms with van der Waals surface area (Å²) in [6, 6.07) is 1.68. The lowest BCUT2D eigenvalue weighted by molar-refractivity contribution is 0.0497. The maximum absolute atomic E-state index is 3.57. The molecule has 0 saturated carbocycles. The van der Waals surface area contributed by atoms with Crippen molar-refractivity contribution in [3.63, 3.8) is 0 Å². The Morgan fingerprint density at radius 1 is 1.27 bits per heavy atom. The summed E-state index contributed by atoms with van der Waals surface area (Å²) in [5.74, 6) is 0.887. The van der Waals surface area contributed by atoms with E-state index in [0.29, 0.717) is 0 Å². The van der Waals surface area contributed by atoms with E-state index in [4.69, 9.17) is 0 Å². The third-order valence-corrected chi connectivity index (χ3v) is 4.36. The molecule has 0 amide bonds. The first-order valence-corrected chi connectivity index (χ1v) is 6.79. The van der Waals surface area contributed by atoms with Gasteiger partial charge >= 0.3 is 0 Å². The highest BCUT2D eigenvalue weighted by Gasteiger charge is 2.32. The van der Waals surface area contributed by atoms with E-state index < -0.39 is 0 Å². The van der Waals surface area contributed by atoms with Crippen LogP contribution in [0.4, 0.5) is 0 Å². The van der Waals surface area contributed by atoms with Gasteiger partial charge in [-0.3, -0.25) is 4.90 Å². The summed E-state index contributed by atoms with van der Waals surface area (Å²) in [5, 5.41) is 3.57. The van der Waals surface area contributed by atoms with Crippen molar-refractivity contribution in [1.82, 2.24) is 10.2 Å². The largest absolute Gasteiger partial charge is 0.315 e. The Morgan fingerprint density at radius 3 is 2.87 bits per heavy atom. The average Bonchev–Trinajstić information content (AvgIpc) is 2.30. The second-order valence-corrected chi connectivity index (χ2v) is 5.33. The van der Waals surface area contributed by atoms with Crippen LogP contribution in [-0.4, -0.2) is 36.6 Å². The molecule has 0 bridgehead atoms. The van der Waals surface area contributed by atoms with Crippen LogP contribution >= 0.6 is 0 Å². The van der Waals surface area contributed by atoms with E-state index in [2.05, 4.69) is 24.1 Å². The highest BCUT2D eigenvalue weighted by Crippen LogP contribution is 2.27. The Bertz CT molecular complexity index is 193. The van der Waals surface area contributed by atoms with Gasteiger partial charge in [-0.05, 0) is 44.7 Å². The first kappa shape index (κ1) is 11.4. The molecule has 15 heavy (non-hydrogen) atoms. The molecule has 0 aromatic heterocycles. The number of piperidine rings is 2. The molecule has 0 spiro atoms. The van der Waals surface area contributed by atoms with E-state index in [0.717, 1.165) is 18.0 Å². The van der Waals surface area contributed by atoms with Gasteiger partial charge < -0.3 is 5.32 Å². The smallest absolute Gasteiger partial charge is 0.0249 e. The topological polar surface area (TPSA) is 15.3 Å². The van der Waals surface area contributed by atoms with Crippen LogP contribution in [0.5, 0.6) is 0 Å². The summed E-state index contributed by atoms with van der Waals surface area (Å²) in [4.78, 5) is 2.81. The zero-order valence-corrected chi connectivity index (χ0v) is 10.3. The van der Waals surface area contributed by atoms with Crippen molar-refractivity contribution < 1.29 is 0 Å². The van der Waals surface area contributed by atoms with Gasteiger partial charge in [-0.1, -0.05) is 20.3 Å². The van der Waals surface area contributed by atoms with Crippen molar-refractivity contribution in [1.29, 1.82) is 0 Å². The quantitative estimate of drug-likeness (QED) is 0.752. The second kappa shape index (κ2) is 5.31. The maximum atomic E-state index is 3.57. The molecule has 2 nitrogen and oxygen atoms in total. The lowest BCUT2D eigenvalue weighted by Crippen LogP contribution is -2.55. The second-order valence-electron chi connectivity index (χ2n) is 5.33. The Kier molecular flexibility index (Phi) is 4.04. The molecule has 2 saturated heterocycles. The molecular weight excluding hydrogens is 184 g/mol. The molecule has 2 heteroatoms. The van der Waals surface area contributed by atoms with E-state index >= 15 is 0 Å². The lowest BCUT2D eigenvalue weighted by atomic mass is 9.89. The van der Waals surface area contributed by atoms with E-state index in [1.54, 1.807) is 0 Å². The number of likely N-dealkylation sites (tertiary alicyclic amines) is 1. The number of nitrogens with zero attached hydrogens (tertiary/aromatic N) is 1. The Morgan fingerprint density at radius 2 is 2.13 bits per heavy atom. The molecular formula is C13H26N2. The van der Waals surface area contributed by atoms with E-state index in [1.807, 2.05) is 0 Å². The van der Waals surface area contributed by atoms with Gasteiger partial charge in [0.1, 0.15) is 0 Å². The number of hydrogen-bond acceptors (Lipinski definition) is 2. The minimum absolute atomic E-state index is 0.809. The molecule has 2 aliphatic rings. The summed E-state index contributed by atoms with van der Waals surface area (Å²) < 4.78 is 0. The molecule has 2 rings (SSSR count). The highest BCUT2D eigenvalue weighted by atomic mass is 15.2. The van der Waals surface area contributed by atoms with Gasteiger partial charge in [0, 0.05) is 18.6 Å². The van der Waals surface area contributed by atoms with Crippen LogP contribution in [0.3, 0.4) is 0 Å². The van der Waals surface area contributed by atoms with Crippen molar-refractivity contribution in [2.45, 2.75) is 58.0 Å². The molecule has 0 aromatic rings. The predicted molar refractivity (Wildman–Crippen MR) is 65.1 cm³/mol. The minimum Gasteiger partial charge on any atom is -0.315 e. The maximum Gasteiger partial charge on any atom is 0.0249 e.